The van der Waals surface area contributed by atoms with Gasteiger partial charge in [-0.15, -0.1) is 34.8 Å². The summed E-state index contributed by atoms with van der Waals surface area (Å²) in [5, 5.41) is 0.400. The van der Waals surface area contributed by atoms with E-state index in [1.807, 2.05) is 0 Å². The predicted molar refractivity (Wildman–Crippen MR) is 86.3 cm³/mol. The van der Waals surface area contributed by atoms with E-state index in [-0.39, 0.29) is 10.8 Å². The van der Waals surface area contributed by atoms with Crippen LogP contribution >= 0.6 is 34.8 Å². The van der Waals surface area contributed by atoms with E-state index >= 15 is 0 Å². The maximum atomic E-state index is 6.21. The van der Waals surface area contributed by atoms with Gasteiger partial charge in [0.15, 0.2) is 0 Å². The van der Waals surface area contributed by atoms with Crippen molar-refractivity contribution in [1.29, 1.82) is 0 Å². The van der Waals surface area contributed by atoms with E-state index in [1.54, 1.807) is 0 Å². The summed E-state index contributed by atoms with van der Waals surface area (Å²) in [5.41, 5.74) is 0. The van der Waals surface area contributed by atoms with Gasteiger partial charge in [0.1, 0.15) is 0 Å². The highest BCUT2D eigenvalue weighted by Gasteiger charge is 2.13. The van der Waals surface area contributed by atoms with Crippen molar-refractivity contribution >= 4 is 45.0 Å². The molecule has 0 saturated carbocycles. The summed E-state index contributed by atoms with van der Waals surface area (Å²) >= 11 is 18.0. The molecule has 0 aliphatic heterocycles. The number of halogens is 3. The van der Waals surface area contributed by atoms with E-state index in [4.69, 9.17) is 34.8 Å². The second kappa shape index (κ2) is 13.5. The number of hydrogen-bond acceptors (Lipinski definition) is 0. The fourth-order valence-electron chi connectivity index (χ4n) is 1.93. The van der Waals surface area contributed by atoms with Gasteiger partial charge in [0.25, 0.3) is 0 Å². The van der Waals surface area contributed by atoms with Crippen LogP contribution in [0.1, 0.15) is 57.8 Å². The van der Waals surface area contributed by atoms with Crippen molar-refractivity contribution in [2.24, 2.45) is 0 Å². The normalized spacial score (nSPS) is 15.0. The van der Waals surface area contributed by atoms with E-state index < -0.39 is 0 Å². The highest BCUT2D eigenvalue weighted by atomic mass is 35.5. The number of hydrogen-bond donors (Lipinski definition) is 0. The van der Waals surface area contributed by atoms with Gasteiger partial charge in [0, 0.05) is 26.9 Å². The second-order valence-corrected chi connectivity index (χ2v) is 7.06. The largest absolute Gasteiger partial charge is 0.127 e. The molecule has 0 amide bonds. The number of unbranched alkanes of at least 4 members (excludes halogenated alkanes) is 7. The van der Waals surface area contributed by atoms with E-state index in [1.165, 1.54) is 51.4 Å². The van der Waals surface area contributed by atoms with E-state index in [0.717, 1.165) is 28.6 Å². The molecule has 4 heteroatoms. The van der Waals surface area contributed by atoms with Crippen molar-refractivity contribution in [1.82, 2.24) is 0 Å². The van der Waals surface area contributed by atoms with Crippen molar-refractivity contribution in [2.75, 3.05) is 5.88 Å². The number of alkyl halides is 3. The van der Waals surface area contributed by atoms with Crippen molar-refractivity contribution in [3.05, 3.63) is 0 Å². The van der Waals surface area contributed by atoms with Gasteiger partial charge in [-0.1, -0.05) is 44.9 Å². The number of rotatable bonds is 12. The van der Waals surface area contributed by atoms with Crippen LogP contribution in [0.4, 0.5) is 0 Å². The Balaban J connectivity index is 3.13. The molecule has 0 aromatic carbocycles. The molecule has 0 heterocycles. The lowest BCUT2D eigenvalue weighted by molar-refractivity contribution is 0.557. The highest BCUT2D eigenvalue weighted by Crippen LogP contribution is 2.20. The minimum Gasteiger partial charge on any atom is -0.127 e. The third-order valence-electron chi connectivity index (χ3n) is 3.15. The molecule has 0 spiro atoms. The second-order valence-electron chi connectivity index (χ2n) is 4.75. The molecule has 2 unspecified atom stereocenters. The average molecular weight is 318 g/mol. The first-order chi connectivity index (χ1) is 8.22. The van der Waals surface area contributed by atoms with Crippen LogP contribution < -0.4 is 0 Å². The Morgan fingerprint density at radius 1 is 0.706 bits per heavy atom. The Labute approximate surface area is 125 Å². The Morgan fingerprint density at radius 2 is 1.18 bits per heavy atom. The Bertz CT molecular complexity index is 156. The van der Waals surface area contributed by atoms with E-state index in [9.17, 15) is 0 Å². The first-order valence-electron chi connectivity index (χ1n) is 7.06. The molecule has 0 saturated heterocycles. The molecule has 0 aliphatic carbocycles. The van der Waals surface area contributed by atoms with Gasteiger partial charge in [-0.25, -0.2) is 0 Å². The molecule has 0 nitrogen and oxygen atoms in total. The molecule has 0 aliphatic rings. The summed E-state index contributed by atoms with van der Waals surface area (Å²) in [6.45, 7) is 0. The smallest absolute Gasteiger partial charge is 0.0496 e. The Hall–Kier alpha value is 1.09. The topological polar surface area (TPSA) is 0 Å². The summed E-state index contributed by atoms with van der Waals surface area (Å²) in [6, 6.07) is 1.11. The van der Waals surface area contributed by atoms with Gasteiger partial charge in [0.2, 0.25) is 0 Å². The van der Waals surface area contributed by atoms with Gasteiger partial charge in [0.05, 0.1) is 0 Å². The fraction of sp³-hybridized carbons (Fsp3) is 1.00. The van der Waals surface area contributed by atoms with Crippen LogP contribution in [0.5, 0.6) is 0 Å². The van der Waals surface area contributed by atoms with Gasteiger partial charge < -0.3 is 0 Å². The van der Waals surface area contributed by atoms with Gasteiger partial charge in [-0.05, 0) is 18.9 Å². The van der Waals surface area contributed by atoms with Gasteiger partial charge in [-0.2, -0.15) is 0 Å². The lowest BCUT2D eigenvalue weighted by atomic mass is 10.1. The molecular weight excluding hydrogens is 291 g/mol. The van der Waals surface area contributed by atoms with Gasteiger partial charge >= 0.3 is 0 Å². The minimum atomic E-state index is 0.192. The lowest BCUT2D eigenvalue weighted by Gasteiger charge is -2.13. The Kier molecular flexibility index (Phi) is 14.4. The summed E-state index contributed by atoms with van der Waals surface area (Å²) in [4.78, 5) is 0. The molecular formula is C13H27Cl3Si. The third kappa shape index (κ3) is 11.9. The molecule has 0 fully saturated rings. The summed E-state index contributed by atoms with van der Waals surface area (Å²) in [7, 11) is 1.16. The Morgan fingerprint density at radius 3 is 1.65 bits per heavy atom. The first kappa shape index (κ1) is 18.1. The molecule has 0 aromatic heterocycles. The molecule has 0 radical (unpaired) electrons. The zero-order valence-electron chi connectivity index (χ0n) is 11.1. The minimum absolute atomic E-state index is 0.192. The molecule has 104 valence electrons. The monoisotopic (exact) mass is 316 g/mol. The maximum Gasteiger partial charge on any atom is 0.0496 e. The third-order valence-corrected chi connectivity index (χ3v) is 6.07. The standard InChI is InChI=1S/C13H27Cl3Si/c14-10-8-6-4-2-1-3-5-7-9-12(15)13(16)11-17/h12-13H,1-11H2,17H3. The molecule has 17 heavy (non-hydrogen) atoms. The van der Waals surface area contributed by atoms with Crippen LogP contribution in [0.15, 0.2) is 0 Å². The molecule has 0 bridgehead atoms. The molecule has 0 N–H and O–H groups in total. The fourth-order valence-corrected chi connectivity index (χ4v) is 3.45. The molecule has 0 rings (SSSR count). The van der Waals surface area contributed by atoms with Crippen molar-refractivity contribution < 1.29 is 0 Å². The van der Waals surface area contributed by atoms with E-state index in [0.29, 0.717) is 0 Å². The lowest BCUT2D eigenvalue weighted by Crippen LogP contribution is -2.14. The van der Waals surface area contributed by atoms with Crippen LogP contribution in [0, 0.1) is 0 Å². The predicted octanol–water partition coefficient (Wildman–Crippen LogP) is 4.73. The van der Waals surface area contributed by atoms with Crippen LogP contribution in [0.2, 0.25) is 6.04 Å². The van der Waals surface area contributed by atoms with Gasteiger partial charge in [-0.3, -0.25) is 0 Å². The quantitative estimate of drug-likeness (QED) is 0.277. The summed E-state index contributed by atoms with van der Waals surface area (Å²) in [5.74, 6) is 0.816. The molecule has 2 atom stereocenters. The zero-order chi connectivity index (χ0) is 12.9. The SMILES string of the molecule is [SiH3]CC(Cl)C(Cl)CCCCCCCCCCCl. The van der Waals surface area contributed by atoms with Crippen molar-refractivity contribution in [3.8, 4) is 0 Å². The van der Waals surface area contributed by atoms with Crippen molar-refractivity contribution in [2.45, 2.75) is 74.6 Å². The van der Waals surface area contributed by atoms with E-state index in [2.05, 4.69) is 0 Å². The average Bonchev–Trinajstić information content (AvgIpc) is 2.35. The summed E-state index contributed by atoms with van der Waals surface area (Å²) in [6.07, 6.45) is 11.5. The highest BCUT2D eigenvalue weighted by molar-refractivity contribution is 6.32. The maximum absolute atomic E-state index is 6.21. The summed E-state index contributed by atoms with van der Waals surface area (Å²) < 4.78 is 0. The van der Waals surface area contributed by atoms with Crippen LogP contribution in [0.25, 0.3) is 0 Å². The molecule has 0 aromatic rings. The van der Waals surface area contributed by atoms with Crippen LogP contribution in [0.3, 0.4) is 0 Å². The van der Waals surface area contributed by atoms with Crippen molar-refractivity contribution in [3.63, 3.8) is 0 Å². The van der Waals surface area contributed by atoms with Crippen LogP contribution in [-0.2, 0) is 0 Å². The van der Waals surface area contributed by atoms with Crippen LogP contribution in [-0.4, -0.2) is 26.9 Å². The first-order valence-corrected chi connectivity index (χ1v) is 9.88. The zero-order valence-corrected chi connectivity index (χ0v) is 15.3.